The second-order valence-electron chi connectivity index (χ2n) is 1.35. The number of rotatable bonds is 3. The highest BCUT2D eigenvalue weighted by molar-refractivity contribution is 8.01. The molecule has 0 amide bonds. The number of aliphatic carboxylic acids is 1. The first kappa shape index (κ1) is 8.91. The number of thioether (sulfide) groups is 1. The van der Waals surface area contributed by atoms with E-state index in [0.29, 0.717) is 0 Å². The summed E-state index contributed by atoms with van der Waals surface area (Å²) in [6.45, 7) is 0. The van der Waals surface area contributed by atoms with E-state index in [1.54, 1.807) is 5.41 Å². The van der Waals surface area contributed by atoms with Crippen LogP contribution >= 0.6 is 24.4 Å². The minimum Gasteiger partial charge on any atom is -0.480 e. The lowest BCUT2D eigenvalue weighted by molar-refractivity contribution is -0.135. The molecule has 0 heterocycles. The number of hydrogen-bond acceptors (Lipinski definition) is 3. The van der Waals surface area contributed by atoms with Crippen LogP contribution in [-0.2, 0) is 4.79 Å². The fourth-order valence-electron chi connectivity index (χ4n) is 0.235. The summed E-state index contributed by atoms with van der Waals surface area (Å²) in [6, 6.07) is 0. The van der Waals surface area contributed by atoms with Gasteiger partial charge in [-0.15, -0.1) is 11.8 Å². The number of carboxylic acid groups (broad SMARTS) is 1. The maximum absolute atomic E-state index is 10.1. The van der Waals surface area contributed by atoms with Gasteiger partial charge in [0.1, 0.15) is 5.25 Å². The van der Waals surface area contributed by atoms with Crippen molar-refractivity contribution in [2.45, 2.75) is 5.25 Å². The number of thiol groups is 1. The molecule has 4 heteroatoms. The molecule has 0 aliphatic carbocycles. The molecule has 0 aliphatic rings. The van der Waals surface area contributed by atoms with Gasteiger partial charge in [0.05, 0.1) is 0 Å². The van der Waals surface area contributed by atoms with Crippen LogP contribution in [0.3, 0.4) is 0 Å². The summed E-state index contributed by atoms with van der Waals surface area (Å²) in [4.78, 5) is 10.1. The van der Waals surface area contributed by atoms with E-state index in [1.807, 2.05) is 6.26 Å². The topological polar surface area (TPSA) is 37.3 Å². The third-order valence-electron chi connectivity index (χ3n) is 0.650. The van der Waals surface area contributed by atoms with Crippen molar-refractivity contribution in [2.24, 2.45) is 0 Å². The molecule has 0 fully saturated rings. The van der Waals surface area contributed by atoms with Crippen LogP contribution in [0.25, 0.3) is 0 Å². The Kier molecular flexibility index (Phi) is 4.71. The Bertz CT molecular complexity index is 122. The van der Waals surface area contributed by atoms with E-state index in [0.717, 1.165) is 0 Å². The van der Waals surface area contributed by atoms with E-state index in [9.17, 15) is 4.79 Å². The molecule has 0 spiro atoms. The predicted octanol–water partition coefficient (Wildman–Crippen LogP) is 1.25. The van der Waals surface area contributed by atoms with Crippen molar-refractivity contribution in [1.82, 2.24) is 0 Å². The fourth-order valence-corrected chi connectivity index (χ4v) is 0.752. The Morgan fingerprint density at radius 1 is 1.89 bits per heavy atom. The molecule has 0 saturated heterocycles. The van der Waals surface area contributed by atoms with Gasteiger partial charge in [-0.05, 0) is 11.7 Å². The van der Waals surface area contributed by atoms with Gasteiger partial charge in [0, 0.05) is 0 Å². The third kappa shape index (κ3) is 4.42. The molecule has 0 radical (unpaired) electrons. The summed E-state index contributed by atoms with van der Waals surface area (Å²) < 4.78 is 0. The molecule has 0 aromatic carbocycles. The maximum Gasteiger partial charge on any atom is 0.320 e. The van der Waals surface area contributed by atoms with E-state index >= 15 is 0 Å². The summed E-state index contributed by atoms with van der Waals surface area (Å²) >= 11 is 5.21. The molecule has 0 bridgehead atoms. The first-order valence-electron chi connectivity index (χ1n) is 2.29. The Labute approximate surface area is 63.7 Å². The van der Waals surface area contributed by atoms with Gasteiger partial charge in [0.15, 0.2) is 0 Å². The Morgan fingerprint density at radius 2 is 2.44 bits per heavy atom. The van der Waals surface area contributed by atoms with Crippen LogP contribution in [0.2, 0.25) is 0 Å². The zero-order valence-electron chi connectivity index (χ0n) is 4.94. The predicted molar refractivity (Wildman–Crippen MR) is 43.1 cm³/mol. The van der Waals surface area contributed by atoms with Gasteiger partial charge < -0.3 is 5.11 Å². The average Bonchev–Trinajstić information content (AvgIpc) is 1.82. The van der Waals surface area contributed by atoms with Crippen molar-refractivity contribution in [3.05, 3.63) is 11.5 Å². The monoisotopic (exact) mass is 164 g/mol. The molecule has 52 valence electrons. The van der Waals surface area contributed by atoms with Gasteiger partial charge in [-0.25, -0.2) is 0 Å². The second-order valence-corrected chi connectivity index (χ2v) is 2.65. The van der Waals surface area contributed by atoms with Gasteiger partial charge >= 0.3 is 5.97 Å². The highest BCUT2D eigenvalue weighted by Crippen LogP contribution is 2.01. The van der Waals surface area contributed by atoms with E-state index < -0.39 is 11.2 Å². The summed E-state index contributed by atoms with van der Waals surface area (Å²) in [7, 11) is 0. The SMILES string of the molecule is CSC=CC(S)C(=O)O. The van der Waals surface area contributed by atoms with Gasteiger partial charge in [0.25, 0.3) is 0 Å². The molecule has 0 aromatic rings. The Hall–Kier alpha value is -0.0900. The van der Waals surface area contributed by atoms with Gasteiger partial charge in [-0.2, -0.15) is 12.6 Å². The molecule has 2 nitrogen and oxygen atoms in total. The molecule has 0 aromatic heterocycles. The number of hydrogen-bond donors (Lipinski definition) is 2. The minimum absolute atomic E-state index is 0.669. The van der Waals surface area contributed by atoms with E-state index in [-0.39, 0.29) is 0 Å². The summed E-state index contributed by atoms with van der Waals surface area (Å²) in [5.74, 6) is -0.913. The van der Waals surface area contributed by atoms with Crippen LogP contribution in [0.15, 0.2) is 11.5 Å². The largest absolute Gasteiger partial charge is 0.480 e. The van der Waals surface area contributed by atoms with Crippen LogP contribution in [0.1, 0.15) is 0 Å². The standard InChI is InChI=1S/C5H8O2S2/c1-9-3-2-4(8)5(6)7/h2-4,8H,1H3,(H,6,7). The van der Waals surface area contributed by atoms with Crippen LogP contribution in [0, 0.1) is 0 Å². The molecule has 1 unspecified atom stereocenters. The maximum atomic E-state index is 10.1. The summed E-state index contributed by atoms with van der Waals surface area (Å²) in [5, 5.41) is 9.30. The highest BCUT2D eigenvalue weighted by Gasteiger charge is 2.05. The molecule has 0 saturated carbocycles. The third-order valence-corrected chi connectivity index (χ3v) is 1.47. The Morgan fingerprint density at radius 3 is 2.78 bits per heavy atom. The van der Waals surface area contributed by atoms with E-state index in [2.05, 4.69) is 12.6 Å². The molecule has 0 aliphatic heterocycles. The highest BCUT2D eigenvalue weighted by atomic mass is 32.2. The lowest BCUT2D eigenvalue weighted by atomic mass is 10.4. The second kappa shape index (κ2) is 4.76. The molecular formula is C5H8O2S2. The summed E-state index contributed by atoms with van der Waals surface area (Å²) in [5.41, 5.74) is 0. The molecular weight excluding hydrogens is 156 g/mol. The lowest BCUT2D eigenvalue weighted by Crippen LogP contribution is -2.09. The molecule has 0 rings (SSSR count). The van der Waals surface area contributed by atoms with Crippen molar-refractivity contribution in [2.75, 3.05) is 6.26 Å². The zero-order chi connectivity index (χ0) is 7.28. The van der Waals surface area contributed by atoms with Crippen molar-refractivity contribution < 1.29 is 9.90 Å². The normalized spacial score (nSPS) is 14.0. The molecule has 1 N–H and O–H groups in total. The van der Waals surface area contributed by atoms with Crippen LogP contribution in [-0.4, -0.2) is 22.6 Å². The van der Waals surface area contributed by atoms with Gasteiger partial charge in [0.2, 0.25) is 0 Å². The zero-order valence-corrected chi connectivity index (χ0v) is 6.65. The lowest BCUT2D eigenvalue weighted by Gasteiger charge is -1.93. The van der Waals surface area contributed by atoms with Crippen LogP contribution < -0.4 is 0 Å². The van der Waals surface area contributed by atoms with E-state index in [1.165, 1.54) is 17.8 Å². The Balaban J connectivity index is 3.62. The number of carbonyl (C=O) groups is 1. The van der Waals surface area contributed by atoms with Crippen molar-refractivity contribution in [3.8, 4) is 0 Å². The summed E-state index contributed by atoms with van der Waals surface area (Å²) in [6.07, 6.45) is 3.38. The first-order valence-corrected chi connectivity index (χ1v) is 4.09. The quantitative estimate of drug-likeness (QED) is 0.616. The van der Waals surface area contributed by atoms with Crippen LogP contribution in [0.5, 0.6) is 0 Å². The smallest absolute Gasteiger partial charge is 0.320 e. The van der Waals surface area contributed by atoms with Crippen molar-refractivity contribution >= 4 is 30.4 Å². The fraction of sp³-hybridized carbons (Fsp3) is 0.400. The average molecular weight is 164 g/mol. The minimum atomic E-state index is -0.913. The molecule has 1 atom stereocenters. The number of carboxylic acids is 1. The van der Waals surface area contributed by atoms with Crippen LogP contribution in [0.4, 0.5) is 0 Å². The van der Waals surface area contributed by atoms with Crippen molar-refractivity contribution in [3.63, 3.8) is 0 Å². The van der Waals surface area contributed by atoms with Gasteiger partial charge in [-0.1, -0.05) is 6.08 Å². The molecule has 9 heavy (non-hydrogen) atoms. The first-order chi connectivity index (χ1) is 4.18. The van der Waals surface area contributed by atoms with Crippen molar-refractivity contribution in [1.29, 1.82) is 0 Å². The van der Waals surface area contributed by atoms with E-state index in [4.69, 9.17) is 5.11 Å². The van der Waals surface area contributed by atoms with Gasteiger partial charge in [-0.3, -0.25) is 4.79 Å².